The van der Waals surface area contributed by atoms with E-state index >= 15 is 0 Å². The Kier molecular flexibility index (Phi) is 4.00. The molecule has 2 nitrogen and oxygen atoms in total. The molecule has 94 valence electrons. The van der Waals surface area contributed by atoms with Crippen LogP contribution in [0.3, 0.4) is 0 Å². The molecule has 17 heavy (non-hydrogen) atoms. The summed E-state index contributed by atoms with van der Waals surface area (Å²) < 4.78 is 18.8. The zero-order chi connectivity index (χ0) is 12.3. The number of benzene rings is 1. The number of aliphatic hydroxyl groups is 1. The van der Waals surface area contributed by atoms with E-state index in [0.717, 1.165) is 6.42 Å². The fourth-order valence-corrected chi connectivity index (χ4v) is 2.32. The molecule has 0 aliphatic heterocycles. The number of ether oxygens (including phenoxy) is 1. The highest BCUT2D eigenvalue weighted by Crippen LogP contribution is 2.31. The molecule has 0 radical (unpaired) electrons. The Bertz CT molecular complexity index is 374. The summed E-state index contributed by atoms with van der Waals surface area (Å²) in [4.78, 5) is 0. The molecule has 1 N–H and O–H groups in total. The predicted octanol–water partition coefficient (Wildman–Crippen LogP) is 2.93. The summed E-state index contributed by atoms with van der Waals surface area (Å²) in [6, 6.07) is 5.06. The van der Waals surface area contributed by atoms with Crippen molar-refractivity contribution in [2.75, 3.05) is 7.11 Å². The third-order valence-corrected chi connectivity index (χ3v) is 3.55. The molecule has 1 unspecified atom stereocenters. The molecule has 0 heterocycles. The molecule has 1 aromatic rings. The fourth-order valence-electron chi connectivity index (χ4n) is 2.32. The van der Waals surface area contributed by atoms with Gasteiger partial charge in [0.2, 0.25) is 0 Å². The van der Waals surface area contributed by atoms with Crippen molar-refractivity contribution in [3.8, 4) is 5.75 Å². The molecule has 1 aliphatic carbocycles. The average molecular weight is 238 g/mol. The molecule has 0 saturated heterocycles. The van der Waals surface area contributed by atoms with Crippen molar-refractivity contribution in [1.82, 2.24) is 0 Å². The lowest BCUT2D eigenvalue weighted by molar-refractivity contribution is 0.117. The van der Waals surface area contributed by atoms with Gasteiger partial charge in [0.1, 0.15) is 0 Å². The first kappa shape index (κ1) is 12.4. The van der Waals surface area contributed by atoms with Gasteiger partial charge in [-0.25, -0.2) is 4.39 Å². The minimum Gasteiger partial charge on any atom is -0.494 e. The first-order chi connectivity index (χ1) is 8.20. The second kappa shape index (κ2) is 5.50. The Balaban J connectivity index is 1.97. The minimum absolute atomic E-state index is 0.248. The molecule has 0 bridgehead atoms. The van der Waals surface area contributed by atoms with E-state index < -0.39 is 6.10 Å². The van der Waals surface area contributed by atoms with Gasteiger partial charge in [0.05, 0.1) is 13.2 Å². The predicted molar refractivity (Wildman–Crippen MR) is 64.6 cm³/mol. The van der Waals surface area contributed by atoms with E-state index in [0.29, 0.717) is 17.9 Å². The van der Waals surface area contributed by atoms with Gasteiger partial charge in [-0.15, -0.1) is 0 Å². The zero-order valence-electron chi connectivity index (χ0n) is 10.2. The molecule has 1 saturated carbocycles. The van der Waals surface area contributed by atoms with Crippen LogP contribution in [0.15, 0.2) is 18.2 Å². The number of methoxy groups -OCH3 is 1. The molecule has 3 heteroatoms. The normalized spacial score (nSPS) is 17.6. The topological polar surface area (TPSA) is 29.5 Å². The van der Waals surface area contributed by atoms with E-state index in [2.05, 4.69) is 0 Å². The summed E-state index contributed by atoms with van der Waals surface area (Å²) in [5.74, 6) is 0.541. The standard InChI is InChI=1S/C14H19FO2/c1-17-13-7-3-6-11(14(13)15)9-12(16)8-10-4-2-5-10/h3,6-7,10,12,16H,2,4-5,8-9H2,1H3. The number of rotatable bonds is 5. The van der Waals surface area contributed by atoms with Crippen molar-refractivity contribution in [3.63, 3.8) is 0 Å². The van der Waals surface area contributed by atoms with Gasteiger partial charge < -0.3 is 9.84 Å². The van der Waals surface area contributed by atoms with E-state index in [1.165, 1.54) is 26.4 Å². The minimum atomic E-state index is -0.443. The maximum absolute atomic E-state index is 13.8. The Labute approximate surface area is 101 Å². The summed E-state index contributed by atoms with van der Waals surface area (Å²) in [7, 11) is 1.45. The van der Waals surface area contributed by atoms with Gasteiger partial charge in [-0.1, -0.05) is 31.4 Å². The van der Waals surface area contributed by atoms with E-state index in [1.54, 1.807) is 18.2 Å². The van der Waals surface area contributed by atoms with Crippen molar-refractivity contribution in [3.05, 3.63) is 29.6 Å². The number of halogens is 1. The Morgan fingerprint density at radius 1 is 1.47 bits per heavy atom. The lowest BCUT2D eigenvalue weighted by Gasteiger charge is -2.27. The first-order valence-corrected chi connectivity index (χ1v) is 6.20. The van der Waals surface area contributed by atoms with Crippen LogP contribution in [0.4, 0.5) is 4.39 Å². The third kappa shape index (κ3) is 2.97. The van der Waals surface area contributed by atoms with Crippen molar-refractivity contribution < 1.29 is 14.2 Å². The maximum atomic E-state index is 13.8. The van der Waals surface area contributed by atoms with E-state index in [-0.39, 0.29) is 11.6 Å². The van der Waals surface area contributed by atoms with Gasteiger partial charge >= 0.3 is 0 Å². The van der Waals surface area contributed by atoms with Crippen LogP contribution in [0.5, 0.6) is 5.75 Å². The highest BCUT2D eigenvalue weighted by atomic mass is 19.1. The van der Waals surface area contributed by atoms with Crippen molar-refractivity contribution in [2.45, 2.75) is 38.2 Å². The van der Waals surface area contributed by atoms with Crippen LogP contribution >= 0.6 is 0 Å². The van der Waals surface area contributed by atoms with Gasteiger partial charge in [-0.3, -0.25) is 0 Å². The van der Waals surface area contributed by atoms with Crippen molar-refractivity contribution in [2.24, 2.45) is 5.92 Å². The SMILES string of the molecule is COc1cccc(CC(O)CC2CCC2)c1F. The lowest BCUT2D eigenvalue weighted by atomic mass is 9.80. The lowest BCUT2D eigenvalue weighted by Crippen LogP contribution is -2.21. The first-order valence-electron chi connectivity index (χ1n) is 6.20. The smallest absolute Gasteiger partial charge is 0.168 e. The van der Waals surface area contributed by atoms with Gasteiger partial charge in [-0.05, 0) is 24.0 Å². The average Bonchev–Trinajstić information content (AvgIpc) is 2.27. The van der Waals surface area contributed by atoms with Gasteiger partial charge in [-0.2, -0.15) is 0 Å². The highest BCUT2D eigenvalue weighted by Gasteiger charge is 2.22. The van der Waals surface area contributed by atoms with Crippen molar-refractivity contribution >= 4 is 0 Å². The van der Waals surface area contributed by atoms with E-state index in [9.17, 15) is 9.50 Å². The van der Waals surface area contributed by atoms with Crippen LogP contribution in [0.1, 0.15) is 31.2 Å². The zero-order valence-corrected chi connectivity index (χ0v) is 10.2. The van der Waals surface area contributed by atoms with Crippen LogP contribution in [0, 0.1) is 11.7 Å². The monoisotopic (exact) mass is 238 g/mol. The number of hydrogen-bond acceptors (Lipinski definition) is 2. The third-order valence-electron chi connectivity index (χ3n) is 3.55. The van der Waals surface area contributed by atoms with Gasteiger partial charge in [0.15, 0.2) is 11.6 Å². The maximum Gasteiger partial charge on any atom is 0.168 e. The Morgan fingerprint density at radius 3 is 2.82 bits per heavy atom. The van der Waals surface area contributed by atoms with Crippen LogP contribution < -0.4 is 4.74 Å². The molecule has 2 rings (SSSR count). The summed E-state index contributed by atoms with van der Waals surface area (Å²) in [6.45, 7) is 0. The van der Waals surface area contributed by atoms with Gasteiger partial charge in [0.25, 0.3) is 0 Å². The molecule has 0 aromatic heterocycles. The second-order valence-corrected chi connectivity index (χ2v) is 4.82. The summed E-state index contributed by atoms with van der Waals surface area (Å²) >= 11 is 0. The molecule has 1 fully saturated rings. The molecule has 1 aliphatic rings. The summed E-state index contributed by atoms with van der Waals surface area (Å²) in [5.41, 5.74) is 0.538. The van der Waals surface area contributed by atoms with Crippen molar-refractivity contribution in [1.29, 1.82) is 0 Å². The van der Waals surface area contributed by atoms with Crippen LogP contribution in [0.25, 0.3) is 0 Å². The molecular formula is C14H19FO2. The molecule has 0 amide bonds. The van der Waals surface area contributed by atoms with Crippen LogP contribution in [-0.4, -0.2) is 18.3 Å². The molecule has 0 spiro atoms. The molecule has 1 atom stereocenters. The summed E-state index contributed by atoms with van der Waals surface area (Å²) in [5, 5.41) is 9.92. The molecular weight excluding hydrogens is 219 g/mol. The highest BCUT2D eigenvalue weighted by molar-refractivity contribution is 5.31. The molecule has 1 aromatic carbocycles. The van der Waals surface area contributed by atoms with E-state index in [4.69, 9.17) is 4.74 Å². The second-order valence-electron chi connectivity index (χ2n) is 4.82. The summed E-state index contributed by atoms with van der Waals surface area (Å²) in [6.07, 6.45) is 4.40. The quantitative estimate of drug-likeness (QED) is 0.854. The largest absolute Gasteiger partial charge is 0.494 e. The van der Waals surface area contributed by atoms with Gasteiger partial charge in [0, 0.05) is 6.42 Å². The number of aliphatic hydroxyl groups excluding tert-OH is 1. The van der Waals surface area contributed by atoms with Crippen LogP contribution in [-0.2, 0) is 6.42 Å². The van der Waals surface area contributed by atoms with Crippen LogP contribution in [0.2, 0.25) is 0 Å². The Hall–Kier alpha value is -1.09. The number of hydrogen-bond donors (Lipinski definition) is 1. The Morgan fingerprint density at radius 2 is 2.24 bits per heavy atom. The van der Waals surface area contributed by atoms with E-state index in [1.807, 2.05) is 0 Å². The fraction of sp³-hybridized carbons (Fsp3) is 0.571.